The smallest absolute Gasteiger partial charge is 0.323 e. The summed E-state index contributed by atoms with van der Waals surface area (Å²) in [6.45, 7) is 9.02. The van der Waals surface area contributed by atoms with E-state index in [2.05, 4.69) is 39.4 Å². The fraction of sp³-hybridized carbons (Fsp3) is 0.769. The van der Waals surface area contributed by atoms with E-state index in [9.17, 15) is 0 Å². The lowest BCUT2D eigenvalue weighted by Gasteiger charge is -2.14. The molecule has 0 saturated heterocycles. The summed E-state index contributed by atoms with van der Waals surface area (Å²) in [6, 6.07) is 0.371. The van der Waals surface area contributed by atoms with Gasteiger partial charge in [0.15, 0.2) is 0 Å². The second-order valence-electron chi connectivity index (χ2n) is 5.54. The highest BCUT2D eigenvalue weighted by molar-refractivity contribution is 5.39. The van der Waals surface area contributed by atoms with Crippen molar-refractivity contribution in [1.82, 2.24) is 15.0 Å². The van der Waals surface area contributed by atoms with Gasteiger partial charge in [0, 0.05) is 12.1 Å². The van der Waals surface area contributed by atoms with Crippen LogP contribution in [-0.2, 0) is 0 Å². The highest BCUT2D eigenvalue weighted by Crippen LogP contribution is 2.37. The van der Waals surface area contributed by atoms with Crippen molar-refractivity contribution >= 4 is 11.9 Å². The molecule has 0 aliphatic heterocycles. The van der Waals surface area contributed by atoms with Gasteiger partial charge in [0.2, 0.25) is 11.9 Å². The third-order valence-electron chi connectivity index (χ3n) is 2.90. The molecule has 1 heterocycles. The topological polar surface area (TPSA) is 72.0 Å². The molecule has 1 aromatic heterocycles. The highest BCUT2D eigenvalue weighted by atomic mass is 16.5. The molecule has 19 heavy (non-hydrogen) atoms. The summed E-state index contributed by atoms with van der Waals surface area (Å²) < 4.78 is 5.57. The van der Waals surface area contributed by atoms with Crippen LogP contribution in [0.1, 0.15) is 47.0 Å². The number of anilines is 2. The van der Waals surface area contributed by atoms with Gasteiger partial charge in [-0.2, -0.15) is 15.0 Å². The molecule has 1 aromatic rings. The van der Waals surface area contributed by atoms with Gasteiger partial charge < -0.3 is 15.4 Å². The van der Waals surface area contributed by atoms with Gasteiger partial charge in [0.25, 0.3) is 0 Å². The summed E-state index contributed by atoms with van der Waals surface area (Å²) in [5, 5.41) is 6.51. The molecule has 0 radical (unpaired) electrons. The van der Waals surface area contributed by atoms with Crippen LogP contribution in [0.2, 0.25) is 0 Å². The molecular weight excluding hydrogens is 242 g/mol. The normalized spacial score (nSPS) is 16.3. The maximum Gasteiger partial charge on any atom is 0.323 e. The zero-order valence-corrected chi connectivity index (χ0v) is 12.2. The summed E-state index contributed by atoms with van der Waals surface area (Å²) in [6.07, 6.45) is 3.37. The molecule has 1 aliphatic rings. The van der Waals surface area contributed by atoms with Crippen LogP contribution in [0.25, 0.3) is 0 Å². The molecule has 106 valence electrons. The fourth-order valence-corrected chi connectivity index (χ4v) is 1.57. The summed E-state index contributed by atoms with van der Waals surface area (Å²) >= 11 is 0. The molecule has 6 heteroatoms. The molecule has 2 rings (SSSR count). The summed E-state index contributed by atoms with van der Waals surface area (Å²) in [4.78, 5) is 13.0. The number of ether oxygens (including phenoxy) is 1. The van der Waals surface area contributed by atoms with E-state index in [-0.39, 0.29) is 11.6 Å². The third kappa shape index (κ3) is 4.22. The van der Waals surface area contributed by atoms with E-state index in [4.69, 9.17) is 4.74 Å². The third-order valence-corrected chi connectivity index (χ3v) is 2.90. The van der Waals surface area contributed by atoms with Crippen molar-refractivity contribution in [3.8, 4) is 6.01 Å². The molecule has 0 bridgehead atoms. The monoisotopic (exact) mass is 265 g/mol. The second-order valence-corrected chi connectivity index (χ2v) is 5.54. The number of aromatic nitrogens is 3. The van der Waals surface area contributed by atoms with Gasteiger partial charge in [0.1, 0.15) is 0 Å². The fourth-order valence-electron chi connectivity index (χ4n) is 1.57. The molecule has 1 saturated carbocycles. The first kappa shape index (κ1) is 13.8. The Bertz CT molecular complexity index is 431. The first-order valence-electron chi connectivity index (χ1n) is 6.95. The lowest BCUT2D eigenvalue weighted by Crippen LogP contribution is -2.20. The minimum Gasteiger partial charge on any atom is -0.461 e. The van der Waals surface area contributed by atoms with E-state index >= 15 is 0 Å². The van der Waals surface area contributed by atoms with Gasteiger partial charge in [-0.3, -0.25) is 0 Å². The lowest BCUT2D eigenvalue weighted by atomic mass is 10.3. The Kier molecular flexibility index (Phi) is 4.07. The number of hydrogen-bond acceptors (Lipinski definition) is 6. The molecule has 0 amide bonds. The van der Waals surface area contributed by atoms with Gasteiger partial charge in [-0.05, 0) is 40.0 Å². The molecule has 6 nitrogen and oxygen atoms in total. The average Bonchev–Trinajstić information content (AvgIpc) is 3.02. The Labute approximate surface area is 114 Å². The quantitative estimate of drug-likeness (QED) is 0.789. The van der Waals surface area contributed by atoms with E-state index in [1.54, 1.807) is 0 Å². The Balaban J connectivity index is 2.15. The van der Waals surface area contributed by atoms with Crippen LogP contribution < -0.4 is 15.4 Å². The molecule has 0 atom stereocenters. The predicted octanol–water partition coefficient (Wildman–Crippen LogP) is 2.45. The number of rotatable bonds is 7. The van der Waals surface area contributed by atoms with Crippen molar-refractivity contribution in [2.24, 2.45) is 0 Å². The van der Waals surface area contributed by atoms with Gasteiger partial charge in [-0.15, -0.1) is 0 Å². The molecule has 1 fully saturated rings. The maximum atomic E-state index is 5.57. The van der Waals surface area contributed by atoms with E-state index < -0.39 is 0 Å². The number of hydrogen-bond donors (Lipinski definition) is 2. The Morgan fingerprint density at radius 1 is 1.21 bits per heavy atom. The molecule has 0 unspecified atom stereocenters. The minimum absolute atomic E-state index is 0.0470. The largest absolute Gasteiger partial charge is 0.461 e. The summed E-state index contributed by atoms with van der Waals surface area (Å²) in [5.74, 6) is 1.16. The van der Waals surface area contributed by atoms with Gasteiger partial charge in [-0.1, -0.05) is 6.92 Å². The SMILES string of the molecule is CCCNc1nc(NC2(C)CC2)nc(OC(C)C)n1. The summed E-state index contributed by atoms with van der Waals surface area (Å²) in [7, 11) is 0. The zero-order chi connectivity index (χ0) is 13.9. The Morgan fingerprint density at radius 2 is 1.89 bits per heavy atom. The number of nitrogens with zero attached hydrogens (tertiary/aromatic N) is 3. The lowest BCUT2D eigenvalue weighted by molar-refractivity contribution is 0.222. The molecule has 0 spiro atoms. The first-order valence-corrected chi connectivity index (χ1v) is 6.95. The zero-order valence-electron chi connectivity index (χ0n) is 12.2. The van der Waals surface area contributed by atoms with Crippen molar-refractivity contribution in [2.75, 3.05) is 17.2 Å². The van der Waals surface area contributed by atoms with Gasteiger partial charge in [0.05, 0.1) is 6.10 Å². The molecule has 1 aliphatic carbocycles. The van der Waals surface area contributed by atoms with E-state index in [1.807, 2.05) is 13.8 Å². The molecular formula is C13H23N5O. The van der Waals surface area contributed by atoms with Crippen LogP contribution in [0.3, 0.4) is 0 Å². The van der Waals surface area contributed by atoms with Crippen LogP contribution in [0.15, 0.2) is 0 Å². The van der Waals surface area contributed by atoms with Gasteiger partial charge >= 0.3 is 6.01 Å². The molecule has 2 N–H and O–H groups in total. The van der Waals surface area contributed by atoms with Crippen molar-refractivity contribution in [2.45, 2.75) is 58.6 Å². The van der Waals surface area contributed by atoms with Crippen molar-refractivity contribution in [1.29, 1.82) is 0 Å². The van der Waals surface area contributed by atoms with Crippen LogP contribution in [0.4, 0.5) is 11.9 Å². The van der Waals surface area contributed by atoms with Crippen molar-refractivity contribution in [3.63, 3.8) is 0 Å². The second kappa shape index (κ2) is 5.59. The van der Waals surface area contributed by atoms with Crippen LogP contribution in [0.5, 0.6) is 6.01 Å². The van der Waals surface area contributed by atoms with Crippen LogP contribution in [0, 0.1) is 0 Å². The highest BCUT2D eigenvalue weighted by Gasteiger charge is 2.38. The van der Waals surface area contributed by atoms with Crippen molar-refractivity contribution in [3.05, 3.63) is 0 Å². The standard InChI is InChI=1S/C13H23N5O/c1-5-8-14-10-15-11(18-13(4)6-7-13)17-12(16-10)19-9(2)3/h9H,5-8H2,1-4H3,(H2,14,15,16,17,18). The Hall–Kier alpha value is -1.59. The van der Waals surface area contributed by atoms with Crippen LogP contribution in [-0.4, -0.2) is 33.1 Å². The average molecular weight is 265 g/mol. The van der Waals surface area contributed by atoms with Gasteiger partial charge in [-0.25, -0.2) is 0 Å². The number of nitrogens with one attached hydrogen (secondary N) is 2. The van der Waals surface area contributed by atoms with Crippen molar-refractivity contribution < 1.29 is 4.74 Å². The predicted molar refractivity (Wildman–Crippen MR) is 75.6 cm³/mol. The van der Waals surface area contributed by atoms with Crippen LogP contribution >= 0.6 is 0 Å². The maximum absolute atomic E-state index is 5.57. The first-order chi connectivity index (χ1) is 9.00. The molecule has 0 aromatic carbocycles. The van der Waals surface area contributed by atoms with E-state index in [0.29, 0.717) is 17.9 Å². The minimum atomic E-state index is 0.0470. The van der Waals surface area contributed by atoms with E-state index in [0.717, 1.165) is 25.8 Å². The Morgan fingerprint density at radius 3 is 2.47 bits per heavy atom. The summed E-state index contributed by atoms with van der Waals surface area (Å²) in [5.41, 5.74) is 0.137. The van der Waals surface area contributed by atoms with E-state index in [1.165, 1.54) is 0 Å².